The fourth-order valence-corrected chi connectivity index (χ4v) is 4.21. The third-order valence-electron chi connectivity index (χ3n) is 5.56. The van der Waals surface area contributed by atoms with Crippen molar-refractivity contribution < 1.29 is 14.3 Å². The zero-order chi connectivity index (χ0) is 25.1. The number of aromatic nitrogens is 3. The molecule has 0 unspecified atom stereocenters. The summed E-state index contributed by atoms with van der Waals surface area (Å²) in [6.45, 7) is 3.66. The van der Waals surface area contributed by atoms with Gasteiger partial charge in [0.15, 0.2) is 11.7 Å². The van der Waals surface area contributed by atoms with Crippen molar-refractivity contribution in [1.82, 2.24) is 15.0 Å². The maximum Gasteiger partial charge on any atom is 0.338 e. The zero-order valence-electron chi connectivity index (χ0n) is 19.7. The third kappa shape index (κ3) is 5.13. The molecular weight excluding hydrogens is 472 g/mol. The number of fused-ring (bicyclic) bond motifs is 1. The molecule has 1 amide bonds. The molecule has 0 saturated carbocycles. The lowest BCUT2D eigenvalue weighted by Gasteiger charge is -2.12. The number of benzene rings is 3. The molecule has 5 rings (SSSR count). The fraction of sp³-hybridized carbons (Fsp3) is 0.107. The Bertz CT molecular complexity index is 1550. The van der Waals surface area contributed by atoms with E-state index in [1.54, 1.807) is 29.8 Å². The van der Waals surface area contributed by atoms with E-state index in [0.717, 1.165) is 33.6 Å². The van der Waals surface area contributed by atoms with Crippen LogP contribution in [0.1, 0.15) is 21.5 Å². The maximum absolute atomic E-state index is 12.6. The standard InChI is InChI=1S/C28H22N4O3S/c1-17-3-7-19(8-4-17)25-26(20-9-5-18(2)6-10-20)31-23-15-21(11-12-22(23)30-25)27(34)35-16-24(33)32-28-29-13-14-36-28/h3-15H,16H2,1-2H3,(H,29,32,33). The number of nitrogens with one attached hydrogen (secondary N) is 1. The van der Waals surface area contributed by atoms with Crippen LogP contribution in [-0.2, 0) is 9.53 Å². The molecule has 3 aromatic carbocycles. The van der Waals surface area contributed by atoms with Crippen molar-refractivity contribution in [3.8, 4) is 22.5 Å². The number of amides is 1. The second-order valence-electron chi connectivity index (χ2n) is 8.32. The van der Waals surface area contributed by atoms with Crippen LogP contribution < -0.4 is 5.32 Å². The van der Waals surface area contributed by atoms with Crippen molar-refractivity contribution in [2.24, 2.45) is 0 Å². The van der Waals surface area contributed by atoms with Crippen LogP contribution in [0.2, 0.25) is 0 Å². The minimum atomic E-state index is -0.618. The van der Waals surface area contributed by atoms with Gasteiger partial charge in [0, 0.05) is 22.7 Å². The zero-order valence-corrected chi connectivity index (χ0v) is 20.5. The molecule has 0 saturated heterocycles. The summed E-state index contributed by atoms with van der Waals surface area (Å²) in [5, 5.41) is 4.77. The van der Waals surface area contributed by atoms with E-state index in [-0.39, 0.29) is 5.56 Å². The minimum Gasteiger partial charge on any atom is -0.452 e. The van der Waals surface area contributed by atoms with Gasteiger partial charge >= 0.3 is 5.97 Å². The lowest BCUT2D eigenvalue weighted by Crippen LogP contribution is -2.20. The molecule has 8 heteroatoms. The number of thiazole rings is 1. The first-order valence-electron chi connectivity index (χ1n) is 11.3. The summed E-state index contributed by atoms with van der Waals surface area (Å²) < 4.78 is 5.20. The van der Waals surface area contributed by atoms with E-state index in [1.165, 1.54) is 11.3 Å². The lowest BCUT2D eigenvalue weighted by atomic mass is 10.0. The summed E-state index contributed by atoms with van der Waals surface area (Å²) in [6.07, 6.45) is 1.58. The average molecular weight is 495 g/mol. The smallest absolute Gasteiger partial charge is 0.338 e. The van der Waals surface area contributed by atoms with Gasteiger partial charge in [-0.25, -0.2) is 19.7 Å². The topological polar surface area (TPSA) is 94.1 Å². The van der Waals surface area contributed by atoms with Gasteiger partial charge in [-0.3, -0.25) is 10.1 Å². The SMILES string of the molecule is Cc1ccc(-c2nc3ccc(C(=O)OCC(=O)Nc4nccs4)cc3nc2-c2ccc(C)cc2)cc1. The molecule has 5 aromatic rings. The fourth-order valence-electron chi connectivity index (χ4n) is 3.66. The van der Waals surface area contributed by atoms with Crippen LogP contribution in [0.3, 0.4) is 0 Å². The van der Waals surface area contributed by atoms with Gasteiger partial charge in [0.05, 0.1) is 28.0 Å². The Morgan fingerprint density at radius 1 is 0.833 bits per heavy atom. The summed E-state index contributed by atoms with van der Waals surface area (Å²) in [6, 6.07) is 21.3. The molecule has 0 aliphatic heterocycles. The normalized spacial score (nSPS) is 10.8. The van der Waals surface area contributed by atoms with Crippen LogP contribution in [0.15, 0.2) is 78.3 Å². The van der Waals surface area contributed by atoms with Gasteiger partial charge in [0.2, 0.25) is 0 Å². The lowest BCUT2D eigenvalue weighted by molar-refractivity contribution is -0.119. The van der Waals surface area contributed by atoms with E-state index >= 15 is 0 Å². The molecule has 7 nitrogen and oxygen atoms in total. The van der Waals surface area contributed by atoms with Gasteiger partial charge in [0.1, 0.15) is 0 Å². The van der Waals surface area contributed by atoms with Crippen LogP contribution in [-0.4, -0.2) is 33.4 Å². The Morgan fingerprint density at radius 2 is 1.44 bits per heavy atom. The van der Waals surface area contributed by atoms with Crippen LogP contribution >= 0.6 is 11.3 Å². The number of carbonyl (C=O) groups is 2. The third-order valence-corrected chi connectivity index (χ3v) is 6.25. The number of hydrogen-bond donors (Lipinski definition) is 1. The van der Waals surface area contributed by atoms with Gasteiger partial charge in [-0.15, -0.1) is 11.3 Å². The first kappa shape index (κ1) is 23.3. The van der Waals surface area contributed by atoms with E-state index in [4.69, 9.17) is 14.7 Å². The van der Waals surface area contributed by atoms with E-state index in [2.05, 4.69) is 10.3 Å². The van der Waals surface area contributed by atoms with E-state index in [0.29, 0.717) is 16.2 Å². The molecule has 36 heavy (non-hydrogen) atoms. The quantitative estimate of drug-likeness (QED) is 0.298. The molecule has 0 bridgehead atoms. The molecule has 0 aliphatic carbocycles. The molecule has 178 valence electrons. The summed E-state index contributed by atoms with van der Waals surface area (Å²) in [7, 11) is 0. The van der Waals surface area contributed by atoms with Gasteiger partial charge < -0.3 is 4.74 Å². The predicted octanol–water partition coefficient (Wildman–Crippen LogP) is 5.83. The molecular formula is C28H22N4O3S. The van der Waals surface area contributed by atoms with Crippen molar-refractivity contribution in [2.45, 2.75) is 13.8 Å². The molecule has 0 radical (unpaired) electrons. The van der Waals surface area contributed by atoms with Crippen molar-refractivity contribution >= 4 is 39.4 Å². The Labute approximate surface area is 211 Å². The highest BCUT2D eigenvalue weighted by molar-refractivity contribution is 7.13. The maximum atomic E-state index is 12.6. The predicted molar refractivity (Wildman–Crippen MR) is 141 cm³/mol. The van der Waals surface area contributed by atoms with Crippen molar-refractivity contribution in [2.75, 3.05) is 11.9 Å². The van der Waals surface area contributed by atoms with E-state index in [9.17, 15) is 9.59 Å². The number of hydrogen-bond acceptors (Lipinski definition) is 7. The summed E-state index contributed by atoms with van der Waals surface area (Å²) in [5.41, 5.74) is 7.18. The molecule has 0 spiro atoms. The van der Waals surface area contributed by atoms with Gasteiger partial charge in [0.25, 0.3) is 5.91 Å². The van der Waals surface area contributed by atoms with Crippen LogP contribution in [0.5, 0.6) is 0 Å². The highest BCUT2D eigenvalue weighted by atomic mass is 32.1. The number of aryl methyl sites for hydroxylation is 2. The largest absolute Gasteiger partial charge is 0.452 e. The minimum absolute atomic E-state index is 0.289. The number of ether oxygens (including phenoxy) is 1. The highest BCUT2D eigenvalue weighted by Gasteiger charge is 2.16. The Morgan fingerprint density at radius 3 is 2.03 bits per heavy atom. The number of rotatable bonds is 6. The molecule has 0 aliphatic rings. The molecule has 0 atom stereocenters. The average Bonchev–Trinajstić information content (AvgIpc) is 3.40. The van der Waals surface area contributed by atoms with Crippen LogP contribution in [0.4, 0.5) is 5.13 Å². The summed E-state index contributed by atoms with van der Waals surface area (Å²) in [5.74, 6) is -1.07. The number of carbonyl (C=O) groups excluding carboxylic acids is 2. The number of anilines is 1. The first-order valence-corrected chi connectivity index (χ1v) is 12.2. The Kier molecular flexibility index (Phi) is 6.51. The van der Waals surface area contributed by atoms with Crippen molar-refractivity contribution in [1.29, 1.82) is 0 Å². The van der Waals surface area contributed by atoms with Crippen molar-refractivity contribution in [3.05, 3.63) is 95.0 Å². The second-order valence-corrected chi connectivity index (χ2v) is 9.21. The Balaban J connectivity index is 1.46. The monoisotopic (exact) mass is 494 g/mol. The molecule has 1 N–H and O–H groups in total. The van der Waals surface area contributed by atoms with E-state index in [1.807, 2.05) is 62.4 Å². The Hall–Kier alpha value is -4.43. The first-order chi connectivity index (χ1) is 17.5. The molecule has 2 heterocycles. The molecule has 2 aromatic heterocycles. The summed E-state index contributed by atoms with van der Waals surface area (Å²) in [4.78, 5) is 38.5. The van der Waals surface area contributed by atoms with Crippen LogP contribution in [0.25, 0.3) is 33.5 Å². The van der Waals surface area contributed by atoms with Gasteiger partial charge in [-0.1, -0.05) is 59.7 Å². The van der Waals surface area contributed by atoms with Crippen LogP contribution in [0, 0.1) is 13.8 Å². The summed E-state index contributed by atoms with van der Waals surface area (Å²) >= 11 is 1.28. The molecule has 0 fully saturated rings. The number of nitrogens with zero attached hydrogens (tertiary/aromatic N) is 3. The second kappa shape index (κ2) is 10.1. The van der Waals surface area contributed by atoms with Crippen molar-refractivity contribution in [3.63, 3.8) is 0 Å². The van der Waals surface area contributed by atoms with Gasteiger partial charge in [-0.2, -0.15) is 0 Å². The van der Waals surface area contributed by atoms with E-state index < -0.39 is 18.5 Å². The highest BCUT2D eigenvalue weighted by Crippen LogP contribution is 2.31. The number of esters is 1. The van der Waals surface area contributed by atoms with Gasteiger partial charge in [-0.05, 0) is 32.0 Å².